The van der Waals surface area contributed by atoms with Gasteiger partial charge in [-0.1, -0.05) is 6.07 Å². The molecule has 1 fully saturated rings. The van der Waals surface area contributed by atoms with E-state index in [1.54, 1.807) is 13.2 Å². The number of methoxy groups -OCH3 is 2. The van der Waals surface area contributed by atoms with Crippen molar-refractivity contribution < 1.29 is 19.1 Å². The number of carbonyl (C=O) groups excluding carboxylic acids is 2. The molecular formula is C15H16N2O4. The van der Waals surface area contributed by atoms with Gasteiger partial charge in [0.25, 0.3) is 0 Å². The molecule has 0 atom stereocenters. The number of fused-ring (bicyclic) bond motifs is 1. The molecule has 0 unspecified atom stereocenters. The number of aromatic amines is 1. The van der Waals surface area contributed by atoms with E-state index < -0.39 is 5.97 Å². The molecular weight excluding hydrogens is 272 g/mol. The third-order valence-electron chi connectivity index (χ3n) is 3.59. The quantitative estimate of drug-likeness (QED) is 0.846. The number of carbonyl (C=O) groups is 2. The zero-order chi connectivity index (χ0) is 15.0. The fraction of sp³-hybridized carbons (Fsp3) is 0.333. The van der Waals surface area contributed by atoms with Crippen molar-refractivity contribution in [3.05, 3.63) is 23.9 Å². The third kappa shape index (κ3) is 2.33. The highest BCUT2D eigenvalue weighted by molar-refractivity contribution is 6.13. The monoisotopic (exact) mass is 288 g/mol. The van der Waals surface area contributed by atoms with Gasteiger partial charge in [0.15, 0.2) is 0 Å². The fourth-order valence-corrected chi connectivity index (χ4v) is 2.34. The van der Waals surface area contributed by atoms with Crippen molar-refractivity contribution >= 4 is 28.5 Å². The van der Waals surface area contributed by atoms with Crippen LogP contribution in [0.4, 0.5) is 5.69 Å². The molecule has 1 aromatic heterocycles. The molecule has 0 saturated heterocycles. The van der Waals surface area contributed by atoms with Gasteiger partial charge in [0.1, 0.15) is 11.4 Å². The molecule has 1 heterocycles. The van der Waals surface area contributed by atoms with E-state index in [1.807, 2.05) is 12.1 Å². The summed E-state index contributed by atoms with van der Waals surface area (Å²) in [6.45, 7) is 0. The zero-order valence-corrected chi connectivity index (χ0v) is 11.9. The van der Waals surface area contributed by atoms with Gasteiger partial charge in [-0.2, -0.15) is 0 Å². The number of aromatic nitrogens is 1. The van der Waals surface area contributed by atoms with Gasteiger partial charge in [-0.3, -0.25) is 4.79 Å². The number of esters is 1. The summed E-state index contributed by atoms with van der Waals surface area (Å²) in [5.74, 6) is 0.0199. The number of ether oxygens (including phenoxy) is 2. The fourth-order valence-electron chi connectivity index (χ4n) is 2.34. The van der Waals surface area contributed by atoms with Gasteiger partial charge in [-0.25, -0.2) is 4.79 Å². The zero-order valence-electron chi connectivity index (χ0n) is 11.9. The summed E-state index contributed by atoms with van der Waals surface area (Å²) in [5, 5.41) is 3.51. The molecule has 3 rings (SSSR count). The van der Waals surface area contributed by atoms with Gasteiger partial charge in [-0.05, 0) is 25.0 Å². The lowest BCUT2D eigenvalue weighted by Crippen LogP contribution is -2.16. The second-order valence-corrected chi connectivity index (χ2v) is 5.01. The molecule has 2 N–H and O–H groups in total. The minimum Gasteiger partial charge on any atom is -0.496 e. The van der Waals surface area contributed by atoms with E-state index in [0.717, 1.165) is 12.8 Å². The number of hydrogen-bond donors (Lipinski definition) is 2. The molecule has 110 valence electrons. The first kappa shape index (κ1) is 13.5. The van der Waals surface area contributed by atoms with Gasteiger partial charge in [0.05, 0.1) is 30.8 Å². The molecule has 1 aliphatic rings. The first-order chi connectivity index (χ1) is 10.2. The van der Waals surface area contributed by atoms with Crippen LogP contribution in [0.25, 0.3) is 10.9 Å². The summed E-state index contributed by atoms with van der Waals surface area (Å²) in [7, 11) is 2.85. The third-order valence-corrected chi connectivity index (χ3v) is 3.59. The van der Waals surface area contributed by atoms with Crippen LogP contribution in [0.5, 0.6) is 5.75 Å². The Morgan fingerprint density at radius 3 is 2.67 bits per heavy atom. The predicted molar refractivity (Wildman–Crippen MR) is 77.5 cm³/mol. The molecule has 6 nitrogen and oxygen atoms in total. The van der Waals surface area contributed by atoms with Crippen molar-refractivity contribution in [3.63, 3.8) is 0 Å². The van der Waals surface area contributed by atoms with E-state index in [4.69, 9.17) is 9.47 Å². The first-order valence-corrected chi connectivity index (χ1v) is 6.73. The average Bonchev–Trinajstić information content (AvgIpc) is 3.29. The van der Waals surface area contributed by atoms with E-state index in [-0.39, 0.29) is 17.5 Å². The maximum Gasteiger partial charge on any atom is 0.356 e. The van der Waals surface area contributed by atoms with Crippen LogP contribution in [0, 0.1) is 5.92 Å². The normalized spacial score (nSPS) is 14.0. The Kier molecular flexibility index (Phi) is 3.29. The Balaban J connectivity index is 2.15. The Morgan fingerprint density at radius 1 is 1.29 bits per heavy atom. The molecule has 1 amide bonds. The molecule has 0 aliphatic heterocycles. The number of nitrogens with one attached hydrogen (secondary N) is 2. The molecule has 1 aromatic carbocycles. The lowest BCUT2D eigenvalue weighted by molar-refractivity contribution is -0.117. The van der Waals surface area contributed by atoms with Crippen LogP contribution in [-0.2, 0) is 9.53 Å². The summed E-state index contributed by atoms with van der Waals surface area (Å²) >= 11 is 0. The minimum absolute atomic E-state index is 0.0372. The number of rotatable bonds is 4. The lowest BCUT2D eigenvalue weighted by Gasteiger charge is -2.08. The van der Waals surface area contributed by atoms with Crippen LogP contribution in [0.15, 0.2) is 18.2 Å². The molecule has 1 aliphatic carbocycles. The molecule has 6 heteroatoms. The number of anilines is 1. The molecule has 0 radical (unpaired) electrons. The second-order valence-electron chi connectivity index (χ2n) is 5.01. The second kappa shape index (κ2) is 5.12. The smallest absolute Gasteiger partial charge is 0.356 e. The van der Waals surface area contributed by atoms with E-state index >= 15 is 0 Å². The number of amides is 1. The topological polar surface area (TPSA) is 80.4 Å². The lowest BCUT2D eigenvalue weighted by atomic mass is 10.2. The predicted octanol–water partition coefficient (Wildman–Crippen LogP) is 2.31. The molecule has 1 saturated carbocycles. The molecule has 21 heavy (non-hydrogen) atoms. The Bertz CT molecular complexity index is 716. The van der Waals surface area contributed by atoms with Crippen molar-refractivity contribution in [2.45, 2.75) is 12.8 Å². The standard InChI is InChI=1S/C15H16N2O4/c1-20-10-5-3-4-9-11(10)12(13(16-9)15(19)21-2)17-14(18)8-6-7-8/h3-5,8,16H,6-7H2,1-2H3,(H,17,18). The highest BCUT2D eigenvalue weighted by atomic mass is 16.5. The first-order valence-electron chi connectivity index (χ1n) is 6.73. The van der Waals surface area contributed by atoms with Crippen molar-refractivity contribution in [1.29, 1.82) is 0 Å². The summed E-state index contributed by atoms with van der Waals surface area (Å²) < 4.78 is 10.1. The Labute approximate surface area is 121 Å². The van der Waals surface area contributed by atoms with Gasteiger partial charge in [-0.15, -0.1) is 0 Å². The van der Waals surface area contributed by atoms with Gasteiger partial charge < -0.3 is 19.8 Å². The summed E-state index contributed by atoms with van der Waals surface area (Å²) in [6.07, 6.45) is 1.78. The van der Waals surface area contributed by atoms with E-state index in [9.17, 15) is 9.59 Å². The van der Waals surface area contributed by atoms with Crippen molar-refractivity contribution in [2.75, 3.05) is 19.5 Å². The highest BCUT2D eigenvalue weighted by Crippen LogP contribution is 2.37. The van der Waals surface area contributed by atoms with Crippen LogP contribution >= 0.6 is 0 Å². The van der Waals surface area contributed by atoms with E-state index in [0.29, 0.717) is 22.3 Å². The highest BCUT2D eigenvalue weighted by Gasteiger charge is 2.32. The van der Waals surface area contributed by atoms with Crippen LogP contribution in [0.1, 0.15) is 23.3 Å². The Morgan fingerprint density at radius 2 is 2.05 bits per heavy atom. The van der Waals surface area contributed by atoms with Crippen molar-refractivity contribution in [3.8, 4) is 5.75 Å². The van der Waals surface area contributed by atoms with Crippen molar-refractivity contribution in [2.24, 2.45) is 5.92 Å². The van der Waals surface area contributed by atoms with Crippen LogP contribution < -0.4 is 10.1 Å². The number of H-pyrrole nitrogens is 1. The summed E-state index contributed by atoms with van der Waals surface area (Å²) in [4.78, 5) is 27.0. The van der Waals surface area contributed by atoms with Gasteiger partial charge in [0.2, 0.25) is 5.91 Å². The Hall–Kier alpha value is -2.50. The summed E-state index contributed by atoms with van der Waals surface area (Å²) in [5.41, 5.74) is 1.36. The average molecular weight is 288 g/mol. The van der Waals surface area contributed by atoms with Crippen LogP contribution in [0.3, 0.4) is 0 Å². The largest absolute Gasteiger partial charge is 0.496 e. The maximum absolute atomic E-state index is 12.1. The number of hydrogen-bond acceptors (Lipinski definition) is 4. The van der Waals surface area contributed by atoms with Crippen molar-refractivity contribution in [1.82, 2.24) is 4.98 Å². The van der Waals surface area contributed by atoms with Gasteiger partial charge in [0, 0.05) is 5.92 Å². The van der Waals surface area contributed by atoms with E-state index in [1.165, 1.54) is 7.11 Å². The van der Waals surface area contributed by atoms with Crippen LogP contribution in [0.2, 0.25) is 0 Å². The summed E-state index contributed by atoms with van der Waals surface area (Å²) in [6, 6.07) is 5.41. The number of benzene rings is 1. The molecule has 0 bridgehead atoms. The SMILES string of the molecule is COC(=O)c1[nH]c2cccc(OC)c2c1NC(=O)C1CC1. The van der Waals surface area contributed by atoms with Crippen LogP contribution in [-0.4, -0.2) is 31.1 Å². The molecule has 0 spiro atoms. The maximum atomic E-state index is 12.1. The van der Waals surface area contributed by atoms with Gasteiger partial charge >= 0.3 is 5.97 Å². The minimum atomic E-state index is -0.528. The van der Waals surface area contributed by atoms with E-state index in [2.05, 4.69) is 10.3 Å². The molecule has 2 aromatic rings.